The van der Waals surface area contributed by atoms with Gasteiger partial charge < -0.3 is 9.84 Å². The predicted molar refractivity (Wildman–Crippen MR) is 78.7 cm³/mol. The number of fused-ring (bicyclic) bond motifs is 1. The predicted octanol–water partition coefficient (Wildman–Crippen LogP) is 2.07. The van der Waals surface area contributed by atoms with Gasteiger partial charge in [-0.05, 0) is 36.4 Å². The molecule has 23 heavy (non-hydrogen) atoms. The molecule has 0 aromatic heterocycles. The van der Waals surface area contributed by atoms with Gasteiger partial charge in [-0.2, -0.15) is 0 Å². The lowest BCUT2D eigenvalue weighted by molar-refractivity contribution is -0.0327. The van der Waals surface area contributed by atoms with Crippen LogP contribution in [0.1, 0.15) is 31.1 Å². The Balaban J connectivity index is 0.000000168. The summed E-state index contributed by atoms with van der Waals surface area (Å²) in [4.78, 5) is 32.5. The fourth-order valence-corrected chi connectivity index (χ4v) is 1.91. The second-order valence-corrected chi connectivity index (χ2v) is 4.50. The Bertz CT molecular complexity index is 718. The third kappa shape index (κ3) is 3.35. The van der Waals surface area contributed by atoms with Gasteiger partial charge in [0.1, 0.15) is 5.75 Å². The average Bonchev–Trinajstić information content (AvgIpc) is 2.80. The summed E-state index contributed by atoms with van der Waals surface area (Å²) in [6.07, 6.45) is 0. The normalized spacial score (nSPS) is 12.3. The van der Waals surface area contributed by atoms with Crippen LogP contribution in [0.4, 0.5) is 0 Å². The number of aromatic carboxylic acids is 1. The number of methoxy groups -OCH3 is 1. The van der Waals surface area contributed by atoms with Crippen molar-refractivity contribution < 1.29 is 29.4 Å². The van der Waals surface area contributed by atoms with Crippen molar-refractivity contribution in [2.75, 3.05) is 7.11 Å². The lowest BCUT2D eigenvalue weighted by atomic mass is 10.1. The highest BCUT2D eigenvalue weighted by atomic mass is 16.5. The van der Waals surface area contributed by atoms with E-state index in [9.17, 15) is 14.4 Å². The first-order valence-electron chi connectivity index (χ1n) is 6.49. The second kappa shape index (κ2) is 6.71. The molecule has 1 heterocycles. The number of benzene rings is 2. The molecular weight excluding hydrogens is 302 g/mol. The zero-order chi connectivity index (χ0) is 17.0. The minimum Gasteiger partial charge on any atom is -0.497 e. The summed E-state index contributed by atoms with van der Waals surface area (Å²) in [5, 5.41) is 17.6. The lowest BCUT2D eigenvalue weighted by Gasteiger charge is -1.99. The van der Waals surface area contributed by atoms with Crippen LogP contribution in [0.2, 0.25) is 0 Å². The highest BCUT2D eigenvalue weighted by molar-refractivity contribution is 6.20. The van der Waals surface area contributed by atoms with E-state index in [1.54, 1.807) is 24.3 Å². The molecule has 1 aliphatic heterocycles. The highest BCUT2D eigenvalue weighted by Gasteiger charge is 2.33. The van der Waals surface area contributed by atoms with Crippen molar-refractivity contribution in [2.24, 2.45) is 0 Å². The Morgan fingerprint density at radius 1 is 0.957 bits per heavy atom. The number of carboxylic acids is 1. The van der Waals surface area contributed by atoms with Crippen LogP contribution in [0, 0.1) is 0 Å². The van der Waals surface area contributed by atoms with Gasteiger partial charge in [-0.15, -0.1) is 5.06 Å². The fourth-order valence-electron chi connectivity index (χ4n) is 1.91. The standard InChI is InChI=1S/C8H5NO3.C8H8O3/c10-7-5-3-1-2-4-6(5)8(11)9(7)12;1-11-7-4-2-6(3-5-7)8(9)10/h1-4,12H;2-5H,1H3,(H,9,10). The number of imide groups is 1. The highest BCUT2D eigenvalue weighted by Crippen LogP contribution is 2.20. The molecule has 7 heteroatoms. The smallest absolute Gasteiger partial charge is 0.335 e. The monoisotopic (exact) mass is 315 g/mol. The summed E-state index contributed by atoms with van der Waals surface area (Å²) in [5.41, 5.74) is 0.779. The van der Waals surface area contributed by atoms with Crippen molar-refractivity contribution in [2.45, 2.75) is 0 Å². The number of hydroxylamine groups is 2. The molecule has 118 valence electrons. The number of hydrogen-bond donors (Lipinski definition) is 2. The molecule has 2 N–H and O–H groups in total. The first-order chi connectivity index (χ1) is 11.0. The Kier molecular flexibility index (Phi) is 4.72. The summed E-state index contributed by atoms with van der Waals surface area (Å²) in [6, 6.07) is 12.5. The van der Waals surface area contributed by atoms with E-state index in [1.165, 1.54) is 31.4 Å². The molecule has 0 atom stereocenters. The minimum absolute atomic E-state index is 0.130. The number of carbonyl (C=O) groups is 3. The fraction of sp³-hybridized carbons (Fsp3) is 0.0625. The van der Waals surface area contributed by atoms with Crippen LogP contribution >= 0.6 is 0 Å². The molecule has 0 unspecified atom stereocenters. The van der Waals surface area contributed by atoms with E-state index in [2.05, 4.69) is 0 Å². The maximum absolute atomic E-state index is 11.1. The van der Waals surface area contributed by atoms with Crippen LogP contribution in [0.25, 0.3) is 0 Å². The van der Waals surface area contributed by atoms with Crippen LogP contribution < -0.4 is 4.74 Å². The molecule has 1 aliphatic rings. The second-order valence-electron chi connectivity index (χ2n) is 4.50. The van der Waals surface area contributed by atoms with Crippen LogP contribution in [0.3, 0.4) is 0 Å². The molecule has 7 nitrogen and oxygen atoms in total. The summed E-state index contributed by atoms with van der Waals surface area (Å²) >= 11 is 0. The van der Waals surface area contributed by atoms with E-state index < -0.39 is 17.8 Å². The Morgan fingerprint density at radius 2 is 1.43 bits per heavy atom. The van der Waals surface area contributed by atoms with E-state index in [1.807, 2.05) is 0 Å². The van der Waals surface area contributed by atoms with Crippen molar-refractivity contribution in [3.63, 3.8) is 0 Å². The molecule has 2 aromatic carbocycles. The van der Waals surface area contributed by atoms with Gasteiger partial charge in [-0.25, -0.2) is 4.79 Å². The number of rotatable bonds is 2. The largest absolute Gasteiger partial charge is 0.497 e. The summed E-state index contributed by atoms with van der Waals surface area (Å²) in [6.45, 7) is 0. The Labute approximate surface area is 131 Å². The van der Waals surface area contributed by atoms with Gasteiger partial charge in [-0.3, -0.25) is 14.8 Å². The van der Waals surface area contributed by atoms with Crippen LogP contribution in [-0.4, -0.2) is 40.3 Å². The number of carbonyl (C=O) groups excluding carboxylic acids is 2. The third-order valence-electron chi connectivity index (χ3n) is 3.11. The topological polar surface area (TPSA) is 104 Å². The SMILES string of the molecule is COc1ccc(C(=O)O)cc1.O=C1c2ccccc2C(=O)N1O. The van der Waals surface area contributed by atoms with Gasteiger partial charge in [0, 0.05) is 0 Å². The third-order valence-corrected chi connectivity index (χ3v) is 3.11. The van der Waals surface area contributed by atoms with Crippen molar-refractivity contribution in [3.05, 3.63) is 65.2 Å². The molecule has 0 fully saturated rings. The van der Waals surface area contributed by atoms with Crippen molar-refractivity contribution in [1.82, 2.24) is 5.06 Å². The number of hydrogen-bond acceptors (Lipinski definition) is 5. The molecule has 2 amide bonds. The number of carboxylic acid groups (broad SMARTS) is 1. The molecule has 0 radical (unpaired) electrons. The number of nitrogens with zero attached hydrogens (tertiary/aromatic N) is 1. The van der Waals surface area contributed by atoms with Crippen molar-refractivity contribution in [1.29, 1.82) is 0 Å². The number of ether oxygens (including phenoxy) is 1. The first-order valence-corrected chi connectivity index (χ1v) is 6.49. The van der Waals surface area contributed by atoms with Crippen LogP contribution in [0.5, 0.6) is 5.75 Å². The molecule has 0 spiro atoms. The zero-order valence-electron chi connectivity index (χ0n) is 12.1. The number of amides is 2. The van der Waals surface area contributed by atoms with Gasteiger partial charge in [0.05, 0.1) is 23.8 Å². The lowest BCUT2D eigenvalue weighted by Crippen LogP contribution is -2.25. The molecule has 0 bridgehead atoms. The molecule has 2 aromatic rings. The Hall–Kier alpha value is -3.19. The maximum Gasteiger partial charge on any atom is 0.335 e. The van der Waals surface area contributed by atoms with Crippen LogP contribution in [-0.2, 0) is 0 Å². The van der Waals surface area contributed by atoms with Crippen molar-refractivity contribution >= 4 is 17.8 Å². The quantitative estimate of drug-likeness (QED) is 0.649. The minimum atomic E-state index is -0.923. The van der Waals surface area contributed by atoms with Crippen LogP contribution in [0.15, 0.2) is 48.5 Å². The first kappa shape index (κ1) is 16.2. The van der Waals surface area contributed by atoms with Crippen molar-refractivity contribution in [3.8, 4) is 5.75 Å². The molecule has 0 aliphatic carbocycles. The van der Waals surface area contributed by atoms with Gasteiger partial charge >= 0.3 is 5.97 Å². The molecule has 0 saturated carbocycles. The van der Waals surface area contributed by atoms with E-state index in [-0.39, 0.29) is 21.8 Å². The van der Waals surface area contributed by atoms with E-state index >= 15 is 0 Å². The molecule has 3 rings (SSSR count). The van der Waals surface area contributed by atoms with Gasteiger partial charge in [-0.1, -0.05) is 12.1 Å². The average molecular weight is 315 g/mol. The molecular formula is C16H13NO6. The Morgan fingerprint density at radius 3 is 1.83 bits per heavy atom. The maximum atomic E-state index is 11.1. The van der Waals surface area contributed by atoms with Gasteiger partial charge in [0.15, 0.2) is 0 Å². The zero-order valence-corrected chi connectivity index (χ0v) is 12.1. The van der Waals surface area contributed by atoms with E-state index in [0.717, 1.165) is 0 Å². The summed E-state index contributed by atoms with van der Waals surface area (Å²) < 4.78 is 4.86. The van der Waals surface area contributed by atoms with Gasteiger partial charge in [0.2, 0.25) is 0 Å². The summed E-state index contributed by atoms with van der Waals surface area (Å²) in [7, 11) is 1.54. The molecule has 0 saturated heterocycles. The van der Waals surface area contributed by atoms with E-state index in [0.29, 0.717) is 5.75 Å². The van der Waals surface area contributed by atoms with Gasteiger partial charge in [0.25, 0.3) is 11.8 Å². The summed E-state index contributed by atoms with van der Waals surface area (Å²) in [5.74, 6) is -1.58. The van der Waals surface area contributed by atoms with E-state index in [4.69, 9.17) is 15.1 Å².